The predicted molar refractivity (Wildman–Crippen MR) is 15.1 cm³/mol. The van der Waals surface area contributed by atoms with Gasteiger partial charge in [0.2, 0.25) is 0 Å². The van der Waals surface area contributed by atoms with Crippen molar-refractivity contribution in [2.24, 2.45) is 0 Å². The summed E-state index contributed by atoms with van der Waals surface area (Å²) in [6.07, 6.45) is 0. The van der Waals surface area contributed by atoms with E-state index in [-0.39, 0.29) is 30.4 Å². The van der Waals surface area contributed by atoms with Crippen LogP contribution >= 0.6 is 0 Å². The van der Waals surface area contributed by atoms with Gasteiger partial charge in [0.1, 0.15) is 0 Å². The van der Waals surface area contributed by atoms with Gasteiger partial charge in [-0.25, -0.2) is 0 Å². The molecule has 0 fully saturated rings. The van der Waals surface area contributed by atoms with Crippen LogP contribution < -0.4 is 0 Å². The molecule has 0 heterocycles. The van der Waals surface area contributed by atoms with Crippen molar-refractivity contribution in [1.82, 2.24) is 0 Å². The van der Waals surface area contributed by atoms with Crippen molar-refractivity contribution in [3.05, 3.63) is 13.3 Å². The van der Waals surface area contributed by atoms with E-state index in [1.54, 1.807) is 0 Å². The molecule has 0 amide bonds. The summed E-state index contributed by atoms with van der Waals surface area (Å²) in [5.41, 5.74) is 0. The summed E-state index contributed by atoms with van der Waals surface area (Å²) < 4.78 is 15.0. The van der Waals surface area contributed by atoms with Crippen LogP contribution in [0.2, 0.25) is 0 Å². The molecule has 0 spiro atoms. The van der Waals surface area contributed by atoms with Crippen LogP contribution in [0, 0.1) is 13.3 Å². The topological polar surface area (TPSA) is 103 Å². The molecule has 0 aromatic carbocycles. The van der Waals surface area contributed by atoms with Crippen LogP contribution in [0.1, 0.15) is 0 Å². The van der Waals surface area contributed by atoms with Gasteiger partial charge in [0, 0.05) is 0 Å². The molecule has 0 rings (SSSR count). The number of rotatable bonds is 0. The average Bonchev–Trinajstić information content (AvgIpc) is 1.50. The van der Waals surface area contributed by atoms with E-state index in [0.717, 1.165) is 0 Å². The van der Waals surface area contributed by atoms with Crippen molar-refractivity contribution in [3.8, 4) is 0 Å². The fourth-order valence-electron chi connectivity index (χ4n) is 0. The Balaban J connectivity index is -0.00000000267. The van der Waals surface area contributed by atoms with E-state index in [2.05, 4.69) is 13.3 Å². The minimum absolute atomic E-state index is 0. The average molecular weight is 193 g/mol. The Morgan fingerprint density at radius 1 is 0.714 bits per heavy atom. The first-order valence-corrected chi connectivity index (χ1v) is 0.408. The van der Waals surface area contributed by atoms with Crippen LogP contribution in [0.15, 0.2) is 0 Å². The Bertz CT molecular complexity index is 25.2. The summed E-state index contributed by atoms with van der Waals surface area (Å²) in [5, 5.41) is 0. The van der Waals surface area contributed by atoms with Gasteiger partial charge in [0.15, 0.2) is 0 Å². The minimum Gasteiger partial charge on any atom is 2.00 e. The van der Waals surface area contributed by atoms with Crippen LogP contribution in [0.4, 0.5) is 0 Å². The molecular formula is C2H4O4Ru+2. The zero-order valence-corrected chi connectivity index (χ0v) is 4.91. The fourth-order valence-corrected chi connectivity index (χ4v) is 0. The standard InChI is InChI=1S/2CO.2H2O.Ru/c2*1-2;;;/h;;2*1H2;/q;;;;+2. The summed E-state index contributed by atoms with van der Waals surface area (Å²) in [6.45, 7) is 9.00. The van der Waals surface area contributed by atoms with Crippen LogP contribution in [-0.4, -0.2) is 11.0 Å². The number of hydrogen-bond donors (Lipinski definition) is 0. The Kier molecular flexibility index (Phi) is 2470000. The molecule has 0 unspecified atom stereocenters. The monoisotopic (exact) mass is 194 g/mol. The van der Waals surface area contributed by atoms with E-state index in [4.69, 9.17) is 9.30 Å². The molecular weight excluding hydrogens is 189 g/mol. The zero-order valence-electron chi connectivity index (χ0n) is 3.17. The second-order valence-electron chi connectivity index (χ2n) is 0. The van der Waals surface area contributed by atoms with Gasteiger partial charge in [0.05, 0.1) is 0 Å². The van der Waals surface area contributed by atoms with Gasteiger partial charge in [0.25, 0.3) is 0 Å². The molecule has 4 N–H and O–H groups in total. The molecule has 0 aromatic heterocycles. The summed E-state index contributed by atoms with van der Waals surface area (Å²) >= 11 is 0. The van der Waals surface area contributed by atoms with Gasteiger partial charge >= 0.3 is 42.1 Å². The molecule has 0 atom stereocenters. The quantitative estimate of drug-likeness (QED) is 0.248. The molecule has 7 heavy (non-hydrogen) atoms. The first-order chi connectivity index (χ1) is 2.00. The third-order valence-corrected chi connectivity index (χ3v) is 0. The molecule has 0 aliphatic heterocycles. The Labute approximate surface area is 53.7 Å². The maximum absolute atomic E-state index is 7.50. The maximum Gasteiger partial charge on any atom is 2.00 e. The molecule has 4 nitrogen and oxygen atoms in total. The van der Waals surface area contributed by atoms with E-state index in [1.807, 2.05) is 0 Å². The second-order valence-corrected chi connectivity index (χ2v) is 0. The predicted octanol–water partition coefficient (Wildman–Crippen LogP) is -1.73. The third-order valence-electron chi connectivity index (χ3n) is 0. The van der Waals surface area contributed by atoms with E-state index in [0.29, 0.717) is 0 Å². The van der Waals surface area contributed by atoms with Crippen LogP contribution in [-0.2, 0) is 28.8 Å². The molecule has 5 heteroatoms. The van der Waals surface area contributed by atoms with Crippen molar-refractivity contribution in [1.29, 1.82) is 0 Å². The molecule has 0 aromatic rings. The van der Waals surface area contributed by atoms with E-state index < -0.39 is 0 Å². The van der Waals surface area contributed by atoms with Crippen molar-refractivity contribution < 1.29 is 39.7 Å². The van der Waals surface area contributed by atoms with E-state index >= 15 is 0 Å². The SMILES string of the molecule is O.O.[C-]#[O+].[C-]#[O+].[Ru+2]. The minimum atomic E-state index is 0. The zero-order chi connectivity index (χ0) is 4.00. The van der Waals surface area contributed by atoms with Crippen LogP contribution in [0.5, 0.6) is 0 Å². The smallest absolute Gasteiger partial charge is 2.00 e. The maximum atomic E-state index is 7.50. The van der Waals surface area contributed by atoms with E-state index in [9.17, 15) is 0 Å². The normalized spacial score (nSPS) is 0.571. The molecule has 0 aliphatic carbocycles. The Morgan fingerprint density at radius 2 is 0.714 bits per heavy atom. The molecule has 0 saturated carbocycles. The molecule has 0 bridgehead atoms. The Hall–Kier alpha value is 0.0234. The van der Waals surface area contributed by atoms with Crippen molar-refractivity contribution >= 4 is 0 Å². The largest absolute Gasteiger partial charge is 2.00 e. The summed E-state index contributed by atoms with van der Waals surface area (Å²) in [6, 6.07) is 0. The molecule has 0 radical (unpaired) electrons. The van der Waals surface area contributed by atoms with Crippen LogP contribution in [0.25, 0.3) is 0 Å². The van der Waals surface area contributed by atoms with Crippen molar-refractivity contribution in [2.45, 2.75) is 0 Å². The van der Waals surface area contributed by atoms with Gasteiger partial charge in [-0.3, -0.25) is 0 Å². The fraction of sp³-hybridized carbons (Fsp3) is 0. The van der Waals surface area contributed by atoms with Crippen molar-refractivity contribution in [3.63, 3.8) is 0 Å². The van der Waals surface area contributed by atoms with Crippen LogP contribution in [0.3, 0.4) is 0 Å². The van der Waals surface area contributed by atoms with Gasteiger partial charge in [-0.2, -0.15) is 0 Å². The van der Waals surface area contributed by atoms with E-state index in [1.165, 1.54) is 0 Å². The molecule has 0 aliphatic rings. The van der Waals surface area contributed by atoms with Gasteiger partial charge in [-0.15, -0.1) is 0 Å². The second kappa shape index (κ2) is 278000. The summed E-state index contributed by atoms with van der Waals surface area (Å²) in [7, 11) is 0. The molecule has 42 valence electrons. The Morgan fingerprint density at radius 3 is 0.714 bits per heavy atom. The molecule has 0 saturated heterocycles. The summed E-state index contributed by atoms with van der Waals surface area (Å²) in [4.78, 5) is 0. The van der Waals surface area contributed by atoms with Gasteiger partial charge in [-0.1, -0.05) is 0 Å². The number of hydrogen-bond acceptors (Lipinski definition) is 0. The first-order valence-electron chi connectivity index (χ1n) is 0.408. The van der Waals surface area contributed by atoms with Gasteiger partial charge in [-0.05, 0) is 0 Å². The first kappa shape index (κ1) is 62.2. The van der Waals surface area contributed by atoms with Gasteiger partial charge < -0.3 is 11.0 Å². The summed E-state index contributed by atoms with van der Waals surface area (Å²) in [5.74, 6) is 0. The third kappa shape index (κ3) is 178000. The van der Waals surface area contributed by atoms with Crippen molar-refractivity contribution in [2.75, 3.05) is 0 Å².